The molecule has 0 heterocycles. The quantitative estimate of drug-likeness (QED) is 0.133. The van der Waals surface area contributed by atoms with Crippen molar-refractivity contribution in [3.63, 3.8) is 0 Å². The van der Waals surface area contributed by atoms with Crippen LogP contribution in [0.25, 0.3) is 0 Å². The molecule has 7 atom stereocenters. The van der Waals surface area contributed by atoms with Crippen molar-refractivity contribution in [2.24, 2.45) is 28.6 Å². The van der Waals surface area contributed by atoms with Gasteiger partial charge in [-0.05, 0) is 104 Å². The van der Waals surface area contributed by atoms with Crippen LogP contribution in [0, 0.1) is 28.6 Å². The van der Waals surface area contributed by atoms with Crippen molar-refractivity contribution in [1.29, 1.82) is 0 Å². The predicted octanol–water partition coefficient (Wildman–Crippen LogP) is 9.80. The molecule has 4 nitrogen and oxygen atoms in total. The number of hydrogen-bond acceptors (Lipinski definition) is 3. The van der Waals surface area contributed by atoms with Gasteiger partial charge in [-0.3, -0.25) is 4.79 Å². The number of unbranched alkanes of at least 4 members (excludes halogenated alkanes) is 7. The number of hydrogen-bond donors (Lipinski definition) is 3. The van der Waals surface area contributed by atoms with E-state index in [0.29, 0.717) is 25.7 Å². The van der Waals surface area contributed by atoms with Crippen LogP contribution < -0.4 is 0 Å². The van der Waals surface area contributed by atoms with Gasteiger partial charge in [0.05, 0.1) is 11.5 Å². The van der Waals surface area contributed by atoms with Gasteiger partial charge in [0.2, 0.25) is 0 Å². The maximum absolute atomic E-state index is 13.6. The topological polar surface area (TPSA) is 77.8 Å². The number of phenolic OH excluding ortho intramolecular Hbond substituents is 1. The Morgan fingerprint density at radius 1 is 0.909 bits per heavy atom. The molecule has 3 aliphatic carbocycles. The van der Waals surface area contributed by atoms with Gasteiger partial charge in [0.1, 0.15) is 5.75 Å². The van der Waals surface area contributed by atoms with Crippen molar-refractivity contribution in [2.45, 2.75) is 147 Å². The van der Waals surface area contributed by atoms with E-state index in [4.69, 9.17) is 0 Å². The SMILES string of the molecule is CCCCCCCCC(CCCCCC(F)(F)C(F)(F)F)(C(=O)O)C1Cc2cc(O)ccc2C2CC[C@]3(C)C(O)CCC3C21. The molecular weight excluding hydrogens is 579 g/mol. The summed E-state index contributed by atoms with van der Waals surface area (Å²) < 4.78 is 65.4. The number of carbonyl (C=O) groups is 1. The number of aliphatic hydroxyl groups excluding tert-OH is 1. The molecule has 1 aromatic carbocycles. The van der Waals surface area contributed by atoms with E-state index in [1.807, 2.05) is 6.07 Å². The molecule has 0 spiro atoms. The van der Waals surface area contributed by atoms with Gasteiger partial charge >= 0.3 is 18.1 Å². The van der Waals surface area contributed by atoms with Crippen LogP contribution in [-0.2, 0) is 11.2 Å². The normalized spacial score (nSPS) is 29.9. The molecule has 0 aliphatic heterocycles. The Bertz CT molecular complexity index is 1120. The van der Waals surface area contributed by atoms with Gasteiger partial charge in [-0.2, -0.15) is 22.0 Å². The van der Waals surface area contributed by atoms with Crippen molar-refractivity contribution in [3.8, 4) is 5.75 Å². The molecule has 9 heteroatoms. The molecule has 3 N–H and O–H groups in total. The van der Waals surface area contributed by atoms with E-state index in [9.17, 15) is 42.1 Å². The molecule has 0 aromatic heterocycles. The highest BCUT2D eigenvalue weighted by atomic mass is 19.4. The third kappa shape index (κ3) is 6.92. The molecule has 0 bridgehead atoms. The van der Waals surface area contributed by atoms with Gasteiger partial charge in [0.25, 0.3) is 0 Å². The zero-order chi connectivity index (χ0) is 32.3. The lowest BCUT2D eigenvalue weighted by Crippen LogP contribution is -2.53. The fraction of sp³-hybridized carbons (Fsp3) is 0.800. The Labute approximate surface area is 258 Å². The molecule has 2 saturated carbocycles. The monoisotopic (exact) mass is 630 g/mol. The van der Waals surface area contributed by atoms with Crippen LogP contribution in [-0.4, -0.2) is 39.5 Å². The van der Waals surface area contributed by atoms with Crippen LogP contribution in [0.2, 0.25) is 0 Å². The summed E-state index contributed by atoms with van der Waals surface area (Å²) in [6.45, 7) is 4.26. The van der Waals surface area contributed by atoms with Gasteiger partial charge in [-0.1, -0.05) is 71.3 Å². The average molecular weight is 631 g/mol. The summed E-state index contributed by atoms with van der Waals surface area (Å²) >= 11 is 0. The second kappa shape index (κ2) is 13.8. The number of carboxylic acid groups (broad SMARTS) is 1. The fourth-order valence-electron chi connectivity index (χ4n) is 9.35. The Morgan fingerprint density at radius 2 is 1.52 bits per heavy atom. The first kappa shape index (κ1) is 35.0. The summed E-state index contributed by atoms with van der Waals surface area (Å²) in [7, 11) is 0. The summed E-state index contributed by atoms with van der Waals surface area (Å²) in [5.41, 5.74) is 0.578. The minimum absolute atomic E-state index is 0.00584. The van der Waals surface area contributed by atoms with Crippen molar-refractivity contribution >= 4 is 5.97 Å². The smallest absolute Gasteiger partial charge is 0.453 e. The highest BCUT2D eigenvalue weighted by Crippen LogP contribution is 2.65. The van der Waals surface area contributed by atoms with E-state index in [2.05, 4.69) is 13.8 Å². The molecule has 0 amide bonds. The van der Waals surface area contributed by atoms with E-state index < -0.39 is 36.0 Å². The van der Waals surface area contributed by atoms with Crippen molar-refractivity contribution in [3.05, 3.63) is 29.3 Å². The van der Waals surface area contributed by atoms with Crippen LogP contribution in [0.5, 0.6) is 5.75 Å². The van der Waals surface area contributed by atoms with E-state index in [-0.39, 0.29) is 60.5 Å². The molecule has 1 aromatic rings. The molecule has 250 valence electrons. The number of phenols is 1. The minimum atomic E-state index is -5.59. The van der Waals surface area contributed by atoms with Crippen LogP contribution in [0.15, 0.2) is 18.2 Å². The van der Waals surface area contributed by atoms with E-state index in [1.165, 1.54) is 0 Å². The lowest BCUT2D eigenvalue weighted by Gasteiger charge is -2.56. The summed E-state index contributed by atoms with van der Waals surface area (Å²) in [5, 5.41) is 32.6. The largest absolute Gasteiger partial charge is 0.508 e. The predicted molar refractivity (Wildman–Crippen MR) is 160 cm³/mol. The van der Waals surface area contributed by atoms with Crippen molar-refractivity contribution in [1.82, 2.24) is 0 Å². The van der Waals surface area contributed by atoms with Gasteiger partial charge in [-0.25, -0.2) is 0 Å². The Balaban J connectivity index is 1.66. The molecular formula is C35H51F5O4. The number of fused-ring (bicyclic) bond motifs is 5. The molecule has 0 radical (unpaired) electrons. The third-order valence-electron chi connectivity index (χ3n) is 11.9. The first-order valence-corrected chi connectivity index (χ1v) is 16.9. The van der Waals surface area contributed by atoms with Gasteiger partial charge in [0, 0.05) is 6.42 Å². The zero-order valence-corrected chi connectivity index (χ0v) is 26.3. The third-order valence-corrected chi connectivity index (χ3v) is 11.9. The van der Waals surface area contributed by atoms with Crippen molar-refractivity contribution < 1.29 is 42.1 Å². The molecule has 3 aliphatic rings. The molecule has 0 saturated heterocycles. The zero-order valence-electron chi connectivity index (χ0n) is 26.3. The lowest BCUT2D eigenvalue weighted by molar-refractivity contribution is -0.284. The number of halogens is 5. The highest BCUT2D eigenvalue weighted by molar-refractivity contribution is 5.75. The van der Waals surface area contributed by atoms with Crippen LogP contribution >= 0.6 is 0 Å². The van der Waals surface area contributed by atoms with Crippen molar-refractivity contribution in [2.75, 3.05) is 0 Å². The lowest BCUT2D eigenvalue weighted by atomic mass is 9.47. The van der Waals surface area contributed by atoms with Gasteiger partial charge in [0.15, 0.2) is 0 Å². The number of aliphatic carboxylic acids is 1. The maximum atomic E-state index is 13.6. The second-order valence-corrected chi connectivity index (χ2v) is 14.4. The maximum Gasteiger partial charge on any atom is 0.453 e. The number of carboxylic acids is 1. The van der Waals surface area contributed by atoms with E-state index >= 15 is 0 Å². The second-order valence-electron chi connectivity index (χ2n) is 14.4. The number of aliphatic hydroxyl groups is 1. The molecule has 2 fully saturated rings. The first-order chi connectivity index (χ1) is 20.7. The standard InChI is InChI=1S/C35H51F5O4/c1-3-4-5-6-7-9-17-33(31(43)44,18-10-8-11-19-34(36,37)35(38,39)40)28-22-23-21-24(41)12-13-25(23)26-16-20-32(2)27(30(26)28)14-15-29(32)42/h12-13,21,26-30,41-42H,3-11,14-20,22H2,1-2H3,(H,43,44)/t26?,27?,28?,29?,30?,32-,33?/m0/s1. The van der Waals surface area contributed by atoms with Gasteiger partial charge < -0.3 is 15.3 Å². The molecule has 44 heavy (non-hydrogen) atoms. The number of benzene rings is 1. The van der Waals surface area contributed by atoms with E-state index in [1.54, 1.807) is 12.1 Å². The average Bonchev–Trinajstić information content (AvgIpc) is 3.26. The van der Waals surface area contributed by atoms with Crippen LogP contribution in [0.4, 0.5) is 22.0 Å². The highest BCUT2D eigenvalue weighted by Gasteiger charge is 2.61. The Morgan fingerprint density at radius 3 is 2.16 bits per heavy atom. The van der Waals surface area contributed by atoms with E-state index in [0.717, 1.165) is 62.5 Å². The molecule has 6 unspecified atom stereocenters. The summed E-state index contributed by atoms with van der Waals surface area (Å²) in [4.78, 5) is 13.6. The number of alkyl halides is 5. The first-order valence-electron chi connectivity index (χ1n) is 16.9. The number of rotatable bonds is 15. The van der Waals surface area contributed by atoms with Gasteiger partial charge in [-0.15, -0.1) is 0 Å². The fourth-order valence-corrected chi connectivity index (χ4v) is 9.35. The number of aromatic hydroxyl groups is 1. The summed E-state index contributed by atoms with van der Waals surface area (Å²) in [6.07, 6.45) is 2.73. The van der Waals surface area contributed by atoms with Crippen LogP contribution in [0.3, 0.4) is 0 Å². The van der Waals surface area contributed by atoms with Crippen LogP contribution in [0.1, 0.15) is 134 Å². The Hall–Kier alpha value is -1.90. The minimum Gasteiger partial charge on any atom is -0.508 e. The molecule has 4 rings (SSSR count). The Kier molecular flexibility index (Phi) is 11.0. The summed E-state index contributed by atoms with van der Waals surface area (Å²) in [6, 6.07) is 5.39. The summed E-state index contributed by atoms with van der Waals surface area (Å²) in [5.74, 6) is -5.66.